The first kappa shape index (κ1) is 14.1. The fraction of sp³-hybridized carbons (Fsp3) is 0.333. The smallest absolute Gasteiger partial charge is 0.335 e. The van der Waals surface area contributed by atoms with E-state index in [-0.39, 0.29) is 17.4 Å². The van der Waals surface area contributed by atoms with Gasteiger partial charge >= 0.3 is 5.97 Å². The molecule has 20 heavy (non-hydrogen) atoms. The summed E-state index contributed by atoms with van der Waals surface area (Å²) in [5, 5.41) is 11.7. The number of carbonyl (C=O) groups is 2. The van der Waals surface area contributed by atoms with E-state index in [0.29, 0.717) is 17.9 Å². The lowest BCUT2D eigenvalue weighted by atomic mass is 10.0. The second-order valence-electron chi connectivity index (χ2n) is 4.74. The highest BCUT2D eigenvalue weighted by Crippen LogP contribution is 2.27. The largest absolute Gasteiger partial charge is 0.495 e. The zero-order valence-corrected chi connectivity index (χ0v) is 11.3. The van der Waals surface area contributed by atoms with E-state index in [2.05, 4.69) is 11.4 Å². The van der Waals surface area contributed by atoms with Crippen molar-refractivity contribution in [2.45, 2.75) is 19.3 Å². The van der Waals surface area contributed by atoms with Crippen molar-refractivity contribution in [2.75, 3.05) is 12.4 Å². The van der Waals surface area contributed by atoms with Crippen molar-refractivity contribution in [3.05, 3.63) is 35.9 Å². The van der Waals surface area contributed by atoms with E-state index in [0.717, 1.165) is 12.8 Å². The number of methoxy groups -OCH3 is 1. The van der Waals surface area contributed by atoms with Crippen LogP contribution in [0.3, 0.4) is 0 Å². The molecule has 1 atom stereocenters. The fourth-order valence-corrected chi connectivity index (χ4v) is 2.24. The van der Waals surface area contributed by atoms with Crippen LogP contribution in [0.2, 0.25) is 0 Å². The molecule has 1 amide bonds. The average Bonchev–Trinajstić information content (AvgIpc) is 2.91. The zero-order valence-electron chi connectivity index (χ0n) is 11.3. The number of carbonyl (C=O) groups excluding carboxylic acids is 1. The lowest BCUT2D eigenvalue weighted by Gasteiger charge is -2.12. The molecule has 0 fully saturated rings. The van der Waals surface area contributed by atoms with Crippen molar-refractivity contribution in [1.82, 2.24) is 0 Å². The molecule has 5 nitrogen and oxygen atoms in total. The van der Waals surface area contributed by atoms with E-state index in [1.807, 2.05) is 6.08 Å². The van der Waals surface area contributed by atoms with Crippen LogP contribution in [0.4, 0.5) is 5.69 Å². The molecule has 0 aliphatic heterocycles. The summed E-state index contributed by atoms with van der Waals surface area (Å²) in [7, 11) is 1.48. The van der Waals surface area contributed by atoms with Gasteiger partial charge in [-0.15, -0.1) is 0 Å². The zero-order chi connectivity index (χ0) is 14.5. The molecule has 0 radical (unpaired) electrons. The Morgan fingerprint density at radius 2 is 2.25 bits per heavy atom. The highest BCUT2D eigenvalue weighted by atomic mass is 16.5. The van der Waals surface area contributed by atoms with E-state index in [1.165, 1.54) is 25.3 Å². The van der Waals surface area contributed by atoms with Crippen molar-refractivity contribution in [1.29, 1.82) is 0 Å². The number of benzene rings is 1. The second kappa shape index (κ2) is 6.23. The van der Waals surface area contributed by atoms with Crippen LogP contribution in [0.25, 0.3) is 0 Å². The second-order valence-corrected chi connectivity index (χ2v) is 4.74. The Morgan fingerprint density at radius 1 is 1.45 bits per heavy atom. The number of rotatable bonds is 5. The maximum atomic E-state index is 12.0. The SMILES string of the molecule is COc1ccc(C(=O)O)cc1NC(=O)CC1C=CCC1. The first-order chi connectivity index (χ1) is 9.60. The maximum absolute atomic E-state index is 12.0. The summed E-state index contributed by atoms with van der Waals surface area (Å²) in [5.41, 5.74) is 0.501. The van der Waals surface area contributed by atoms with Gasteiger partial charge in [0.15, 0.2) is 0 Å². The Morgan fingerprint density at radius 3 is 2.85 bits per heavy atom. The number of ether oxygens (including phenoxy) is 1. The number of aromatic carboxylic acids is 1. The Hall–Kier alpha value is -2.30. The summed E-state index contributed by atoms with van der Waals surface area (Å²) in [5.74, 6) is -0.460. The molecule has 1 aliphatic carbocycles. The molecule has 0 spiro atoms. The number of carboxylic acid groups (broad SMARTS) is 1. The molecule has 0 aromatic heterocycles. The molecule has 2 N–H and O–H groups in total. The van der Waals surface area contributed by atoms with E-state index >= 15 is 0 Å². The molecule has 0 saturated heterocycles. The molecular formula is C15H17NO4. The highest BCUT2D eigenvalue weighted by Gasteiger charge is 2.16. The monoisotopic (exact) mass is 275 g/mol. The molecule has 1 unspecified atom stereocenters. The minimum absolute atomic E-state index is 0.113. The van der Waals surface area contributed by atoms with E-state index in [1.54, 1.807) is 0 Å². The summed E-state index contributed by atoms with van der Waals surface area (Å²) in [6, 6.07) is 4.38. The van der Waals surface area contributed by atoms with Gasteiger partial charge in [-0.3, -0.25) is 4.79 Å². The van der Waals surface area contributed by atoms with Crippen molar-refractivity contribution in [3.63, 3.8) is 0 Å². The summed E-state index contributed by atoms with van der Waals surface area (Å²) < 4.78 is 5.13. The Kier molecular flexibility index (Phi) is 4.40. The Labute approximate surface area is 117 Å². The minimum atomic E-state index is -1.04. The maximum Gasteiger partial charge on any atom is 0.335 e. The van der Waals surface area contributed by atoms with Gasteiger partial charge in [-0.05, 0) is 37.0 Å². The summed E-state index contributed by atoms with van der Waals surface area (Å²) in [6.45, 7) is 0. The van der Waals surface area contributed by atoms with Crippen LogP contribution < -0.4 is 10.1 Å². The lowest BCUT2D eigenvalue weighted by molar-refractivity contribution is -0.116. The van der Waals surface area contributed by atoms with Crippen molar-refractivity contribution in [2.24, 2.45) is 5.92 Å². The van der Waals surface area contributed by atoms with Crippen LogP contribution in [-0.2, 0) is 4.79 Å². The molecule has 1 aromatic rings. The van der Waals surface area contributed by atoms with Crippen LogP contribution >= 0.6 is 0 Å². The summed E-state index contributed by atoms with van der Waals surface area (Å²) in [6.07, 6.45) is 6.51. The van der Waals surface area contributed by atoms with Gasteiger partial charge in [0.2, 0.25) is 5.91 Å². The quantitative estimate of drug-likeness (QED) is 0.810. The number of carboxylic acids is 1. The number of hydrogen-bond acceptors (Lipinski definition) is 3. The van der Waals surface area contributed by atoms with Gasteiger partial charge in [0.05, 0.1) is 18.4 Å². The van der Waals surface area contributed by atoms with Crippen LogP contribution in [-0.4, -0.2) is 24.1 Å². The van der Waals surface area contributed by atoms with Gasteiger partial charge in [-0.25, -0.2) is 4.79 Å². The van der Waals surface area contributed by atoms with Gasteiger partial charge < -0.3 is 15.2 Å². The van der Waals surface area contributed by atoms with Gasteiger partial charge in [0.1, 0.15) is 5.75 Å². The van der Waals surface area contributed by atoms with Gasteiger partial charge in [0.25, 0.3) is 0 Å². The minimum Gasteiger partial charge on any atom is -0.495 e. The number of nitrogens with one attached hydrogen (secondary N) is 1. The molecule has 0 saturated carbocycles. The average molecular weight is 275 g/mol. The van der Waals surface area contributed by atoms with Crippen molar-refractivity contribution in [3.8, 4) is 5.75 Å². The first-order valence-electron chi connectivity index (χ1n) is 6.48. The highest BCUT2D eigenvalue weighted by molar-refractivity contribution is 5.95. The van der Waals surface area contributed by atoms with Gasteiger partial charge in [-0.2, -0.15) is 0 Å². The van der Waals surface area contributed by atoms with Crippen molar-refractivity contribution < 1.29 is 19.4 Å². The van der Waals surface area contributed by atoms with Crippen LogP contribution in [0.1, 0.15) is 29.6 Å². The predicted molar refractivity (Wildman–Crippen MR) is 75.1 cm³/mol. The fourth-order valence-electron chi connectivity index (χ4n) is 2.24. The van der Waals surface area contributed by atoms with Gasteiger partial charge in [0, 0.05) is 6.42 Å². The van der Waals surface area contributed by atoms with Crippen LogP contribution in [0.5, 0.6) is 5.75 Å². The van der Waals surface area contributed by atoms with E-state index in [4.69, 9.17) is 9.84 Å². The Balaban J connectivity index is 2.09. The third-order valence-electron chi connectivity index (χ3n) is 3.28. The van der Waals surface area contributed by atoms with Crippen LogP contribution in [0, 0.1) is 5.92 Å². The van der Waals surface area contributed by atoms with Crippen LogP contribution in [0.15, 0.2) is 30.4 Å². The topological polar surface area (TPSA) is 75.6 Å². The summed E-state index contributed by atoms with van der Waals surface area (Å²) in [4.78, 5) is 22.9. The molecule has 5 heteroatoms. The third-order valence-corrected chi connectivity index (χ3v) is 3.28. The van der Waals surface area contributed by atoms with E-state index < -0.39 is 5.97 Å². The van der Waals surface area contributed by atoms with Gasteiger partial charge in [-0.1, -0.05) is 12.2 Å². The molecule has 106 valence electrons. The summed E-state index contributed by atoms with van der Waals surface area (Å²) >= 11 is 0. The lowest BCUT2D eigenvalue weighted by Crippen LogP contribution is -2.15. The molecular weight excluding hydrogens is 258 g/mol. The van der Waals surface area contributed by atoms with Crippen molar-refractivity contribution >= 4 is 17.6 Å². The number of allylic oxidation sites excluding steroid dienone is 2. The third kappa shape index (κ3) is 3.38. The molecule has 1 aliphatic rings. The number of amides is 1. The molecule has 2 rings (SSSR count). The molecule has 1 aromatic carbocycles. The Bertz CT molecular complexity index is 551. The predicted octanol–water partition coefficient (Wildman–Crippen LogP) is 2.69. The number of anilines is 1. The first-order valence-corrected chi connectivity index (χ1v) is 6.48. The molecule has 0 heterocycles. The standard InChI is InChI=1S/C15H17NO4/c1-20-13-7-6-11(15(18)19)9-12(13)16-14(17)8-10-4-2-3-5-10/h2,4,6-7,9-10H,3,5,8H2,1H3,(H,16,17)(H,18,19). The van der Waals surface area contributed by atoms with E-state index in [9.17, 15) is 9.59 Å². The molecule has 0 bridgehead atoms. The normalized spacial score (nSPS) is 16.9. The number of hydrogen-bond donors (Lipinski definition) is 2.